The molecule has 36 heavy (non-hydrogen) atoms. The monoisotopic (exact) mass is 513 g/mol. The van der Waals surface area contributed by atoms with Gasteiger partial charge >= 0.3 is 5.97 Å². The summed E-state index contributed by atoms with van der Waals surface area (Å²) in [6.07, 6.45) is 10.9. The largest absolute Gasteiger partial charge is 0.481 e. The Hall–Kier alpha value is -2.93. The van der Waals surface area contributed by atoms with Crippen LogP contribution in [0.3, 0.4) is 0 Å². The highest BCUT2D eigenvalue weighted by atomic mass is 35.5. The highest BCUT2D eigenvalue weighted by Gasteiger charge is 2.29. The van der Waals surface area contributed by atoms with Crippen molar-refractivity contribution in [3.05, 3.63) is 58.3 Å². The zero-order chi connectivity index (χ0) is 25.9. The van der Waals surface area contributed by atoms with Gasteiger partial charge in [-0.2, -0.15) is 0 Å². The third-order valence-electron chi connectivity index (χ3n) is 7.04. The van der Waals surface area contributed by atoms with Crippen LogP contribution in [0.2, 0.25) is 5.02 Å². The number of anilines is 1. The normalized spacial score (nSPS) is 17.4. The minimum atomic E-state index is -0.894. The second-order valence-corrected chi connectivity index (χ2v) is 10.7. The molecule has 6 nitrogen and oxygen atoms in total. The van der Waals surface area contributed by atoms with Crippen molar-refractivity contribution >= 4 is 23.3 Å². The van der Waals surface area contributed by atoms with Crippen molar-refractivity contribution in [3.63, 3.8) is 0 Å². The van der Waals surface area contributed by atoms with Crippen LogP contribution in [0.5, 0.6) is 5.88 Å². The number of halogens is 2. The maximum atomic E-state index is 13.9. The van der Waals surface area contributed by atoms with Crippen LogP contribution in [0.1, 0.15) is 57.2 Å². The second-order valence-electron chi connectivity index (χ2n) is 10.3. The van der Waals surface area contributed by atoms with Crippen molar-refractivity contribution in [2.24, 2.45) is 5.41 Å². The Morgan fingerprint density at radius 2 is 1.92 bits per heavy atom. The molecule has 1 saturated heterocycles. The zero-order valence-electron chi connectivity index (χ0n) is 21.1. The number of aryl methyl sites for hydroxylation is 1. The molecule has 192 valence electrons. The Bertz CT molecular complexity index is 1200. The van der Waals surface area contributed by atoms with E-state index in [0.717, 1.165) is 55.6 Å². The van der Waals surface area contributed by atoms with Crippen LogP contribution >= 0.6 is 11.6 Å². The summed E-state index contributed by atoms with van der Waals surface area (Å²) in [5, 5.41) is 9.95. The van der Waals surface area contributed by atoms with Crippen LogP contribution < -0.4 is 9.64 Å². The number of carboxylic acids is 1. The first-order valence-corrected chi connectivity index (χ1v) is 12.8. The number of rotatable bonds is 8. The molecule has 0 amide bonds. The Morgan fingerprint density at radius 3 is 2.58 bits per heavy atom. The number of pyridine rings is 2. The maximum absolute atomic E-state index is 13.9. The van der Waals surface area contributed by atoms with E-state index in [2.05, 4.69) is 28.7 Å². The van der Waals surface area contributed by atoms with E-state index in [1.807, 2.05) is 13.0 Å². The highest BCUT2D eigenvalue weighted by molar-refractivity contribution is 6.32. The van der Waals surface area contributed by atoms with Gasteiger partial charge in [-0.1, -0.05) is 31.5 Å². The van der Waals surface area contributed by atoms with E-state index in [1.54, 1.807) is 24.5 Å². The molecular formula is C28H33ClFN3O3. The van der Waals surface area contributed by atoms with E-state index < -0.39 is 5.97 Å². The van der Waals surface area contributed by atoms with Crippen LogP contribution in [0, 0.1) is 12.3 Å². The third-order valence-corrected chi connectivity index (χ3v) is 7.31. The molecule has 0 unspecified atom stereocenters. The molecule has 0 bridgehead atoms. The molecule has 1 N–H and O–H groups in total. The number of nitrogens with zero attached hydrogens (tertiary/aromatic N) is 3. The number of hydrogen-bond acceptors (Lipinski definition) is 5. The van der Waals surface area contributed by atoms with Crippen LogP contribution in [0.4, 0.5) is 10.1 Å². The first-order chi connectivity index (χ1) is 17.1. The van der Waals surface area contributed by atoms with Gasteiger partial charge in [0.25, 0.3) is 0 Å². The van der Waals surface area contributed by atoms with Crippen LogP contribution in [-0.4, -0.2) is 40.7 Å². The number of carbonyl (C=O) groups is 1. The average molecular weight is 514 g/mol. The van der Waals surface area contributed by atoms with Crippen LogP contribution in [0.25, 0.3) is 11.1 Å². The quantitative estimate of drug-likeness (QED) is 0.423. The first-order valence-electron chi connectivity index (χ1n) is 12.4. The fourth-order valence-corrected chi connectivity index (χ4v) is 4.98. The molecule has 1 aliphatic carbocycles. The summed E-state index contributed by atoms with van der Waals surface area (Å²) >= 11 is 6.54. The van der Waals surface area contributed by atoms with Crippen molar-refractivity contribution in [3.8, 4) is 17.0 Å². The van der Waals surface area contributed by atoms with Crippen molar-refractivity contribution < 1.29 is 19.0 Å². The summed E-state index contributed by atoms with van der Waals surface area (Å²) in [6, 6.07) is 1.78. The predicted octanol–water partition coefficient (Wildman–Crippen LogP) is 6.70. The summed E-state index contributed by atoms with van der Waals surface area (Å²) in [5.74, 6) is -0.792. The molecule has 0 atom stereocenters. The van der Waals surface area contributed by atoms with Crippen LogP contribution in [0.15, 0.2) is 42.0 Å². The van der Waals surface area contributed by atoms with Crippen molar-refractivity contribution in [1.29, 1.82) is 0 Å². The molecule has 0 spiro atoms. The number of hydrogen-bond donors (Lipinski definition) is 1. The SMILES string of the molecule is Cc1ncc(-c2cnc(OCCC3=CCCC=C3F)c(Cl)c2)c(N2CCC(C)(C)CC2)c1CC(=O)O. The molecule has 2 aliphatic rings. The van der Waals surface area contributed by atoms with E-state index in [0.29, 0.717) is 28.3 Å². The highest BCUT2D eigenvalue weighted by Crippen LogP contribution is 2.41. The van der Waals surface area contributed by atoms with Gasteiger partial charge in [0.1, 0.15) is 10.8 Å². The Kier molecular flexibility index (Phi) is 7.98. The van der Waals surface area contributed by atoms with E-state index >= 15 is 0 Å². The minimum Gasteiger partial charge on any atom is -0.481 e. The number of aliphatic carboxylic acids is 1. The lowest BCUT2D eigenvalue weighted by Crippen LogP contribution is -2.38. The summed E-state index contributed by atoms with van der Waals surface area (Å²) in [5.41, 5.74) is 4.76. The lowest BCUT2D eigenvalue weighted by molar-refractivity contribution is -0.136. The first kappa shape index (κ1) is 26.1. The van der Waals surface area contributed by atoms with Crippen molar-refractivity contribution in [1.82, 2.24) is 9.97 Å². The average Bonchev–Trinajstić information content (AvgIpc) is 2.82. The molecule has 3 heterocycles. The summed E-state index contributed by atoms with van der Waals surface area (Å²) in [7, 11) is 0. The van der Waals surface area contributed by atoms with Gasteiger partial charge in [0.15, 0.2) is 0 Å². The fourth-order valence-electron chi connectivity index (χ4n) is 4.76. The smallest absolute Gasteiger partial charge is 0.307 e. The predicted molar refractivity (Wildman–Crippen MR) is 140 cm³/mol. The summed E-state index contributed by atoms with van der Waals surface area (Å²) < 4.78 is 19.7. The number of ether oxygens (including phenoxy) is 1. The minimum absolute atomic E-state index is 0.106. The van der Waals surface area contributed by atoms with Crippen molar-refractivity contribution in [2.75, 3.05) is 24.6 Å². The molecule has 0 saturated carbocycles. The lowest BCUT2D eigenvalue weighted by Gasteiger charge is -2.40. The van der Waals surface area contributed by atoms with E-state index in [9.17, 15) is 14.3 Å². The Balaban J connectivity index is 1.61. The molecule has 0 aromatic carbocycles. The lowest BCUT2D eigenvalue weighted by atomic mass is 9.82. The van der Waals surface area contributed by atoms with Gasteiger partial charge in [0.2, 0.25) is 5.88 Å². The van der Waals surface area contributed by atoms with Gasteiger partial charge in [0.05, 0.1) is 18.7 Å². The van der Waals surface area contributed by atoms with Gasteiger partial charge in [-0.05, 0) is 55.7 Å². The number of aromatic nitrogens is 2. The number of allylic oxidation sites excluding steroid dienone is 3. The van der Waals surface area contributed by atoms with Gasteiger partial charge in [-0.15, -0.1) is 0 Å². The maximum Gasteiger partial charge on any atom is 0.307 e. The molecule has 0 radical (unpaired) electrons. The fraction of sp³-hybridized carbons (Fsp3) is 0.464. The Labute approximate surface area is 216 Å². The molecule has 2 aromatic heterocycles. The Morgan fingerprint density at radius 1 is 1.19 bits per heavy atom. The van der Waals surface area contributed by atoms with E-state index in [1.165, 1.54) is 0 Å². The number of piperidine rings is 1. The third kappa shape index (κ3) is 6.06. The summed E-state index contributed by atoms with van der Waals surface area (Å²) in [4.78, 5) is 22.9. The molecule has 4 rings (SSSR count). The second kappa shape index (κ2) is 11.0. The van der Waals surface area contributed by atoms with Gasteiger partial charge in [0, 0.05) is 54.3 Å². The zero-order valence-corrected chi connectivity index (χ0v) is 21.9. The molecule has 2 aromatic rings. The molecule has 1 fully saturated rings. The van der Waals surface area contributed by atoms with Gasteiger partial charge in [-0.25, -0.2) is 9.37 Å². The van der Waals surface area contributed by atoms with Gasteiger partial charge in [-0.3, -0.25) is 9.78 Å². The van der Waals surface area contributed by atoms with Crippen molar-refractivity contribution in [2.45, 2.75) is 59.3 Å². The molecule has 8 heteroatoms. The number of carboxylic acid groups (broad SMARTS) is 1. The van der Waals surface area contributed by atoms with Crippen LogP contribution in [-0.2, 0) is 11.2 Å². The molecular weight excluding hydrogens is 481 g/mol. The molecule has 1 aliphatic heterocycles. The van der Waals surface area contributed by atoms with Gasteiger partial charge < -0.3 is 14.7 Å². The van der Waals surface area contributed by atoms with E-state index in [4.69, 9.17) is 16.3 Å². The summed E-state index contributed by atoms with van der Waals surface area (Å²) in [6.45, 7) is 8.31. The topological polar surface area (TPSA) is 75.6 Å². The van der Waals surface area contributed by atoms with E-state index in [-0.39, 0.29) is 30.1 Å². The standard InChI is InChI=1S/C28H33ClFN3O3/c1-18-21(15-25(34)35)26(33-11-9-28(2,3)10-12-33)22(17-31-18)20-14-23(29)27(32-16-20)36-13-8-19-6-4-5-7-24(19)30/h6-7,14,16-17H,4-5,8-13,15H2,1-3H3,(H,34,35).